The van der Waals surface area contributed by atoms with E-state index in [0.29, 0.717) is 11.4 Å². The molecule has 1 rings (SSSR count). The Balaban J connectivity index is 2.77. The minimum absolute atomic E-state index is 0.463. The van der Waals surface area contributed by atoms with E-state index in [1.54, 1.807) is 24.3 Å². The number of sulfone groups is 1. The number of hydrogen-bond acceptors (Lipinski definition) is 5. The molecule has 1 unspecified atom stereocenters. The molecule has 1 aromatic carbocycles. The summed E-state index contributed by atoms with van der Waals surface area (Å²) in [7, 11) is -2.22. The van der Waals surface area contributed by atoms with E-state index >= 15 is 0 Å². The molecule has 7 heteroatoms. The van der Waals surface area contributed by atoms with Crippen LogP contribution < -0.4 is 10.1 Å². The number of ether oxygens (including phenoxy) is 1. The number of amides is 1. The summed E-state index contributed by atoms with van der Waals surface area (Å²) in [6, 6.07) is 8.02. The number of benzene rings is 1. The van der Waals surface area contributed by atoms with Crippen molar-refractivity contribution in [2.24, 2.45) is 0 Å². The first kappa shape index (κ1) is 15.0. The molecule has 0 aliphatic rings. The molecule has 0 spiro atoms. The van der Waals surface area contributed by atoms with E-state index in [-0.39, 0.29) is 0 Å². The minimum Gasteiger partial charge on any atom is -0.497 e. The first-order valence-corrected chi connectivity index (χ1v) is 7.15. The van der Waals surface area contributed by atoms with Crippen molar-refractivity contribution >= 4 is 21.4 Å². The van der Waals surface area contributed by atoms with Gasteiger partial charge in [-0.2, -0.15) is 5.26 Å². The summed E-state index contributed by atoms with van der Waals surface area (Å²) in [6.07, 6.45) is 0. The van der Waals surface area contributed by atoms with Gasteiger partial charge in [0.25, 0.3) is 0 Å². The zero-order valence-electron chi connectivity index (χ0n) is 10.6. The Kier molecular flexibility index (Phi) is 4.89. The largest absolute Gasteiger partial charge is 0.497 e. The predicted octanol–water partition coefficient (Wildman–Crippen LogP) is 0.961. The molecule has 0 fully saturated rings. The van der Waals surface area contributed by atoms with Crippen LogP contribution in [0.15, 0.2) is 24.3 Å². The summed E-state index contributed by atoms with van der Waals surface area (Å²) < 4.78 is 28.1. The number of nitriles is 1. The molecule has 0 aromatic heterocycles. The van der Waals surface area contributed by atoms with Gasteiger partial charge in [0.2, 0.25) is 5.91 Å². The highest BCUT2D eigenvalue weighted by atomic mass is 32.2. The molecule has 1 aromatic rings. The van der Waals surface area contributed by atoms with E-state index in [4.69, 9.17) is 10.00 Å². The molecule has 0 aliphatic carbocycles. The second-order valence-corrected chi connectivity index (χ2v) is 6.15. The molecule has 0 bridgehead atoms. The van der Waals surface area contributed by atoms with Crippen molar-refractivity contribution in [1.29, 1.82) is 5.26 Å². The lowest BCUT2D eigenvalue weighted by Crippen LogP contribution is -2.33. The monoisotopic (exact) mass is 282 g/mol. The molecule has 0 saturated carbocycles. The van der Waals surface area contributed by atoms with Gasteiger partial charge in [0.15, 0.2) is 9.84 Å². The Hall–Kier alpha value is -2.07. The standard InChI is InChI=1S/C12H14N2O4S/c1-9(19(16,17)8-7-13)12(15)14-10-3-5-11(18-2)6-4-10/h3-6,9H,8H2,1-2H3,(H,14,15). The number of rotatable bonds is 5. The number of methoxy groups -OCH3 is 1. The van der Waals surface area contributed by atoms with Gasteiger partial charge in [-0.25, -0.2) is 8.42 Å². The number of carbonyl (C=O) groups is 1. The van der Waals surface area contributed by atoms with Gasteiger partial charge in [-0.05, 0) is 31.2 Å². The Labute approximate surface area is 111 Å². The van der Waals surface area contributed by atoms with Crippen molar-refractivity contribution in [3.8, 4) is 11.8 Å². The summed E-state index contributed by atoms with van der Waals surface area (Å²) in [5.74, 6) is -0.715. The SMILES string of the molecule is COc1ccc(NC(=O)C(C)S(=O)(=O)CC#N)cc1. The fourth-order valence-electron chi connectivity index (χ4n) is 1.30. The summed E-state index contributed by atoms with van der Waals surface area (Å²) >= 11 is 0. The first-order chi connectivity index (χ1) is 8.90. The van der Waals surface area contributed by atoms with E-state index in [1.165, 1.54) is 20.1 Å². The van der Waals surface area contributed by atoms with Crippen LogP contribution in [0.3, 0.4) is 0 Å². The van der Waals surface area contributed by atoms with Crippen LogP contribution in [0.5, 0.6) is 5.75 Å². The highest BCUT2D eigenvalue weighted by Crippen LogP contribution is 2.16. The number of nitrogens with zero attached hydrogens (tertiary/aromatic N) is 1. The average molecular weight is 282 g/mol. The van der Waals surface area contributed by atoms with E-state index in [0.717, 1.165) is 0 Å². The highest BCUT2D eigenvalue weighted by molar-refractivity contribution is 7.92. The van der Waals surface area contributed by atoms with Gasteiger partial charge >= 0.3 is 0 Å². The Morgan fingerprint density at radius 3 is 2.47 bits per heavy atom. The molecular formula is C12H14N2O4S. The lowest BCUT2D eigenvalue weighted by atomic mass is 10.3. The maximum absolute atomic E-state index is 11.8. The lowest BCUT2D eigenvalue weighted by molar-refractivity contribution is -0.115. The molecule has 102 valence electrons. The summed E-state index contributed by atoms with van der Waals surface area (Å²) in [6.45, 7) is 1.26. The van der Waals surface area contributed by atoms with Crippen LogP contribution in [0.25, 0.3) is 0 Å². The van der Waals surface area contributed by atoms with Gasteiger partial charge < -0.3 is 10.1 Å². The topological polar surface area (TPSA) is 96.3 Å². The third kappa shape index (κ3) is 3.96. The zero-order chi connectivity index (χ0) is 14.5. The maximum atomic E-state index is 11.8. The van der Waals surface area contributed by atoms with Gasteiger partial charge in [0, 0.05) is 5.69 Å². The Morgan fingerprint density at radius 1 is 1.42 bits per heavy atom. The molecule has 1 atom stereocenters. The minimum atomic E-state index is -3.74. The van der Waals surface area contributed by atoms with Crippen molar-refractivity contribution < 1.29 is 17.9 Å². The van der Waals surface area contributed by atoms with Crippen LogP contribution in [0.1, 0.15) is 6.92 Å². The second-order valence-electron chi connectivity index (χ2n) is 3.83. The van der Waals surface area contributed by atoms with Crippen LogP contribution in [0, 0.1) is 11.3 Å². The smallest absolute Gasteiger partial charge is 0.242 e. The van der Waals surface area contributed by atoms with Gasteiger partial charge in [-0.1, -0.05) is 0 Å². The fraction of sp³-hybridized carbons (Fsp3) is 0.333. The van der Waals surface area contributed by atoms with Gasteiger partial charge in [0.1, 0.15) is 16.8 Å². The third-order valence-electron chi connectivity index (χ3n) is 2.53. The molecule has 6 nitrogen and oxygen atoms in total. The van der Waals surface area contributed by atoms with Gasteiger partial charge in [-0.15, -0.1) is 0 Å². The van der Waals surface area contributed by atoms with Crippen LogP contribution >= 0.6 is 0 Å². The number of anilines is 1. The number of carbonyl (C=O) groups excluding carboxylic acids is 1. The van der Waals surface area contributed by atoms with Crippen LogP contribution in [0.4, 0.5) is 5.69 Å². The van der Waals surface area contributed by atoms with Crippen LogP contribution in [-0.4, -0.2) is 32.4 Å². The Bertz CT molecular complexity index is 587. The maximum Gasteiger partial charge on any atom is 0.242 e. The lowest BCUT2D eigenvalue weighted by Gasteiger charge is -2.11. The Morgan fingerprint density at radius 2 is 2.00 bits per heavy atom. The molecule has 19 heavy (non-hydrogen) atoms. The summed E-state index contributed by atoms with van der Waals surface area (Å²) in [4.78, 5) is 11.8. The van der Waals surface area contributed by atoms with Crippen molar-refractivity contribution in [1.82, 2.24) is 0 Å². The van der Waals surface area contributed by atoms with E-state index in [1.807, 2.05) is 0 Å². The fourth-order valence-corrected chi connectivity index (χ4v) is 2.11. The molecule has 0 saturated heterocycles. The van der Waals surface area contributed by atoms with Crippen molar-refractivity contribution in [3.63, 3.8) is 0 Å². The molecule has 1 N–H and O–H groups in total. The number of nitrogens with one attached hydrogen (secondary N) is 1. The van der Waals surface area contributed by atoms with Gasteiger partial charge in [-0.3, -0.25) is 4.79 Å². The second kappa shape index (κ2) is 6.20. The van der Waals surface area contributed by atoms with E-state index in [2.05, 4.69) is 5.32 Å². The molecular weight excluding hydrogens is 268 g/mol. The van der Waals surface area contributed by atoms with E-state index in [9.17, 15) is 13.2 Å². The molecule has 1 amide bonds. The molecule has 0 radical (unpaired) electrons. The van der Waals surface area contributed by atoms with Crippen LogP contribution in [0.2, 0.25) is 0 Å². The van der Waals surface area contributed by atoms with Crippen molar-refractivity contribution in [2.75, 3.05) is 18.2 Å². The van der Waals surface area contributed by atoms with Gasteiger partial charge in [0.05, 0.1) is 13.2 Å². The highest BCUT2D eigenvalue weighted by Gasteiger charge is 2.27. The van der Waals surface area contributed by atoms with E-state index < -0.39 is 26.7 Å². The number of hydrogen-bond donors (Lipinski definition) is 1. The molecule has 0 heterocycles. The first-order valence-electron chi connectivity index (χ1n) is 5.44. The zero-order valence-corrected chi connectivity index (χ0v) is 11.4. The summed E-state index contributed by atoms with van der Waals surface area (Å²) in [5, 5.41) is 9.61. The quantitative estimate of drug-likeness (QED) is 0.867. The summed E-state index contributed by atoms with van der Waals surface area (Å²) in [5.41, 5.74) is 0.463. The predicted molar refractivity (Wildman–Crippen MR) is 70.5 cm³/mol. The third-order valence-corrected chi connectivity index (χ3v) is 4.35. The van der Waals surface area contributed by atoms with Crippen LogP contribution in [-0.2, 0) is 14.6 Å². The average Bonchev–Trinajstić information content (AvgIpc) is 2.38. The molecule has 0 aliphatic heterocycles. The van der Waals surface area contributed by atoms with Crippen molar-refractivity contribution in [3.05, 3.63) is 24.3 Å². The normalized spacial score (nSPS) is 12.3. The van der Waals surface area contributed by atoms with Crippen molar-refractivity contribution in [2.45, 2.75) is 12.2 Å².